The van der Waals surface area contributed by atoms with Crippen LogP contribution in [0.4, 0.5) is 0 Å². The van der Waals surface area contributed by atoms with E-state index in [1.165, 1.54) is 12.0 Å². The van der Waals surface area contributed by atoms with Crippen molar-refractivity contribution in [1.82, 2.24) is 14.9 Å². The molecule has 2 atom stereocenters. The van der Waals surface area contributed by atoms with Crippen molar-refractivity contribution < 1.29 is 9.47 Å². The molecule has 5 heteroatoms. The normalized spacial score (nSPS) is 20.0. The number of aromatic nitrogens is 2. The summed E-state index contributed by atoms with van der Waals surface area (Å²) in [5.74, 6) is 3.54. The summed E-state index contributed by atoms with van der Waals surface area (Å²) in [6.07, 6.45) is 2.94. The van der Waals surface area contributed by atoms with Gasteiger partial charge in [-0.05, 0) is 42.5 Å². The Labute approximate surface area is 157 Å². The van der Waals surface area contributed by atoms with Gasteiger partial charge in [0.25, 0.3) is 0 Å². The summed E-state index contributed by atoms with van der Waals surface area (Å²) >= 11 is 0. The molecule has 1 saturated heterocycles. The predicted molar refractivity (Wildman–Crippen MR) is 105 cm³/mol. The van der Waals surface area contributed by atoms with Crippen molar-refractivity contribution >= 4 is 0 Å². The van der Waals surface area contributed by atoms with E-state index in [1.54, 1.807) is 26.5 Å². The monoisotopic (exact) mass is 357 g/mol. The zero-order valence-corrected chi connectivity index (χ0v) is 16.6. The third-order valence-electron chi connectivity index (χ3n) is 4.84. The van der Waals surface area contributed by atoms with E-state index in [9.17, 15) is 0 Å². The summed E-state index contributed by atoms with van der Waals surface area (Å²) in [6.45, 7) is 9.20. The minimum absolute atomic E-state index is 0.523. The van der Waals surface area contributed by atoms with Crippen LogP contribution in [-0.2, 0) is 6.54 Å². The van der Waals surface area contributed by atoms with Crippen molar-refractivity contribution in [3.63, 3.8) is 0 Å². The number of methoxy groups -OCH3 is 2. The molecule has 1 aliphatic rings. The number of nitrogens with zero attached hydrogens (tertiary/aromatic N) is 3. The molecule has 2 unspecified atom stereocenters. The van der Waals surface area contributed by atoms with Crippen LogP contribution < -0.4 is 9.47 Å². The Balaban J connectivity index is 0.00000117. The smallest absolute Gasteiger partial charge is 0.216 e. The molecule has 0 amide bonds. The Bertz CT molecular complexity index is 661. The average Bonchev–Trinajstić information content (AvgIpc) is 2.71. The molecule has 1 aromatic heterocycles. The fourth-order valence-corrected chi connectivity index (χ4v) is 3.34. The summed E-state index contributed by atoms with van der Waals surface area (Å²) < 4.78 is 10.5. The fourth-order valence-electron chi connectivity index (χ4n) is 3.34. The van der Waals surface area contributed by atoms with E-state index < -0.39 is 0 Å². The summed E-state index contributed by atoms with van der Waals surface area (Å²) in [7, 11) is 3.34. The van der Waals surface area contributed by atoms with Crippen LogP contribution in [0.5, 0.6) is 11.6 Å². The second-order valence-corrected chi connectivity index (χ2v) is 6.40. The molecule has 5 nitrogen and oxygen atoms in total. The van der Waals surface area contributed by atoms with Crippen molar-refractivity contribution in [2.45, 2.75) is 39.7 Å². The first-order valence-electron chi connectivity index (χ1n) is 9.42. The van der Waals surface area contributed by atoms with Gasteiger partial charge in [0.15, 0.2) is 0 Å². The zero-order chi connectivity index (χ0) is 18.9. The van der Waals surface area contributed by atoms with Gasteiger partial charge in [-0.25, -0.2) is 4.98 Å². The first-order valence-corrected chi connectivity index (χ1v) is 9.42. The van der Waals surface area contributed by atoms with Gasteiger partial charge in [-0.2, -0.15) is 4.98 Å². The molecule has 26 heavy (non-hydrogen) atoms. The number of ether oxygens (including phenoxy) is 2. The maximum Gasteiger partial charge on any atom is 0.216 e. The number of hydrogen-bond acceptors (Lipinski definition) is 5. The average molecular weight is 357 g/mol. The number of benzene rings is 1. The van der Waals surface area contributed by atoms with E-state index in [-0.39, 0.29) is 0 Å². The third-order valence-corrected chi connectivity index (χ3v) is 4.84. The van der Waals surface area contributed by atoms with Gasteiger partial charge in [-0.3, -0.25) is 4.90 Å². The largest absolute Gasteiger partial charge is 0.497 e. The van der Waals surface area contributed by atoms with Crippen LogP contribution in [0, 0.1) is 5.92 Å². The lowest BCUT2D eigenvalue weighted by atomic mass is 9.82. The van der Waals surface area contributed by atoms with Gasteiger partial charge < -0.3 is 9.47 Å². The molecule has 3 rings (SSSR count). The van der Waals surface area contributed by atoms with E-state index >= 15 is 0 Å². The second kappa shape index (κ2) is 10.1. The van der Waals surface area contributed by atoms with Crippen molar-refractivity contribution in [1.29, 1.82) is 0 Å². The summed E-state index contributed by atoms with van der Waals surface area (Å²) in [4.78, 5) is 11.2. The highest BCUT2D eigenvalue weighted by Gasteiger charge is 2.27. The lowest BCUT2D eigenvalue weighted by Gasteiger charge is -2.37. The highest BCUT2D eigenvalue weighted by Crippen LogP contribution is 2.33. The molecule has 2 heterocycles. The lowest BCUT2D eigenvalue weighted by Crippen LogP contribution is -2.38. The van der Waals surface area contributed by atoms with Crippen LogP contribution in [0.2, 0.25) is 0 Å². The summed E-state index contributed by atoms with van der Waals surface area (Å²) in [5.41, 5.74) is 1.37. The Morgan fingerprint density at radius 2 is 1.81 bits per heavy atom. The molecule has 142 valence electrons. The topological polar surface area (TPSA) is 47.5 Å². The van der Waals surface area contributed by atoms with Crippen molar-refractivity contribution in [3.05, 3.63) is 47.9 Å². The molecule has 0 aliphatic carbocycles. The summed E-state index contributed by atoms with van der Waals surface area (Å²) in [5, 5.41) is 0. The van der Waals surface area contributed by atoms with Gasteiger partial charge in [0, 0.05) is 18.8 Å². The Morgan fingerprint density at radius 3 is 2.46 bits per heavy atom. The fraction of sp³-hybridized carbons (Fsp3) is 0.524. The summed E-state index contributed by atoms with van der Waals surface area (Å²) in [6, 6.07) is 10.2. The van der Waals surface area contributed by atoms with Crippen LogP contribution in [-0.4, -0.2) is 42.2 Å². The van der Waals surface area contributed by atoms with E-state index in [0.29, 0.717) is 17.7 Å². The predicted octanol–water partition coefficient (Wildman–Crippen LogP) is 4.15. The molecule has 0 N–H and O–H groups in total. The lowest BCUT2D eigenvalue weighted by molar-refractivity contribution is 0.156. The maximum atomic E-state index is 5.27. The first-order chi connectivity index (χ1) is 12.7. The van der Waals surface area contributed by atoms with Crippen molar-refractivity contribution in [3.8, 4) is 11.6 Å². The van der Waals surface area contributed by atoms with Crippen molar-refractivity contribution in [2.75, 3.05) is 27.3 Å². The van der Waals surface area contributed by atoms with Crippen LogP contribution in [0.25, 0.3) is 0 Å². The number of piperidine rings is 1. The zero-order valence-electron chi connectivity index (χ0n) is 16.6. The van der Waals surface area contributed by atoms with E-state index in [2.05, 4.69) is 33.9 Å². The van der Waals surface area contributed by atoms with E-state index in [1.807, 2.05) is 26.0 Å². The maximum absolute atomic E-state index is 5.27. The van der Waals surface area contributed by atoms with Crippen LogP contribution in [0.3, 0.4) is 0 Å². The first kappa shape index (κ1) is 20.2. The molecule has 0 radical (unpaired) electrons. The number of likely N-dealkylation sites (tertiary alicyclic amines) is 1. The van der Waals surface area contributed by atoms with E-state index in [0.717, 1.165) is 31.2 Å². The van der Waals surface area contributed by atoms with Gasteiger partial charge in [0.2, 0.25) is 5.88 Å². The molecular formula is C21H31N3O2. The molecule has 0 saturated carbocycles. The van der Waals surface area contributed by atoms with Crippen LogP contribution in [0.1, 0.15) is 44.5 Å². The van der Waals surface area contributed by atoms with Crippen LogP contribution in [0.15, 0.2) is 36.5 Å². The highest BCUT2D eigenvalue weighted by atomic mass is 16.5. The standard InChI is InChI=1S/C19H25N3O2.C2H6/c1-14-9-11-22(13-18-20-10-8-19(21-18)24-3)12-17(14)15-4-6-16(23-2)7-5-15;1-2/h4-8,10,14,17H,9,11-13H2,1-3H3;1-2H3. The highest BCUT2D eigenvalue weighted by molar-refractivity contribution is 5.30. The molecule has 2 aromatic rings. The SMILES string of the molecule is CC.COc1ccc(C2CN(Cc3nccc(OC)n3)CCC2C)cc1. The molecule has 1 aliphatic heterocycles. The van der Waals surface area contributed by atoms with Gasteiger partial charge in [0.1, 0.15) is 11.6 Å². The van der Waals surface area contributed by atoms with Gasteiger partial charge in [-0.1, -0.05) is 32.9 Å². The Kier molecular flexibility index (Phi) is 7.85. The van der Waals surface area contributed by atoms with E-state index in [4.69, 9.17) is 9.47 Å². The van der Waals surface area contributed by atoms with Gasteiger partial charge in [0.05, 0.1) is 20.8 Å². The minimum atomic E-state index is 0.523. The van der Waals surface area contributed by atoms with Crippen molar-refractivity contribution in [2.24, 2.45) is 5.92 Å². The second-order valence-electron chi connectivity index (χ2n) is 6.40. The van der Waals surface area contributed by atoms with Gasteiger partial charge in [-0.15, -0.1) is 0 Å². The molecule has 1 aromatic carbocycles. The minimum Gasteiger partial charge on any atom is -0.497 e. The van der Waals surface area contributed by atoms with Crippen LogP contribution >= 0.6 is 0 Å². The molecular weight excluding hydrogens is 326 g/mol. The molecule has 1 fully saturated rings. The Morgan fingerprint density at radius 1 is 1.08 bits per heavy atom. The number of hydrogen-bond donors (Lipinski definition) is 0. The van der Waals surface area contributed by atoms with Gasteiger partial charge >= 0.3 is 0 Å². The molecule has 0 bridgehead atoms. The quantitative estimate of drug-likeness (QED) is 0.805. The third kappa shape index (κ3) is 5.18. The molecule has 0 spiro atoms. The Hall–Kier alpha value is -2.14. The number of rotatable bonds is 5.